The van der Waals surface area contributed by atoms with Crippen LogP contribution in [0.2, 0.25) is 0 Å². The molecule has 0 spiro atoms. The summed E-state index contributed by atoms with van der Waals surface area (Å²) in [6.07, 6.45) is 55.0. The van der Waals surface area contributed by atoms with Gasteiger partial charge >= 0.3 is 39.5 Å². The fourth-order valence-corrected chi connectivity index (χ4v) is 12.6. The summed E-state index contributed by atoms with van der Waals surface area (Å²) in [5.41, 5.74) is 0. The minimum Gasteiger partial charge on any atom is -0.462 e. The van der Waals surface area contributed by atoms with Gasteiger partial charge in [0.05, 0.1) is 26.4 Å². The molecule has 0 bridgehead atoms. The fourth-order valence-electron chi connectivity index (χ4n) is 11.1. The molecule has 0 aromatic carbocycles. The molecule has 95 heavy (non-hydrogen) atoms. The molecule has 3 N–H and O–H groups in total. The Morgan fingerprint density at radius 2 is 0.568 bits per heavy atom. The number of esters is 4. The molecule has 17 nitrogen and oxygen atoms in total. The molecule has 3 unspecified atom stereocenters. The van der Waals surface area contributed by atoms with Crippen molar-refractivity contribution < 1.29 is 80.2 Å². The Bertz CT molecular complexity index is 1950. The molecular weight excluding hydrogens is 1250 g/mol. The highest BCUT2D eigenvalue weighted by molar-refractivity contribution is 7.47. The van der Waals surface area contributed by atoms with Gasteiger partial charge in [-0.25, -0.2) is 9.13 Å². The minimum atomic E-state index is -4.96. The lowest BCUT2D eigenvalue weighted by Gasteiger charge is -2.21. The second-order valence-electron chi connectivity index (χ2n) is 28.1. The summed E-state index contributed by atoms with van der Waals surface area (Å²) >= 11 is 0. The third-order valence-electron chi connectivity index (χ3n) is 17.0. The van der Waals surface area contributed by atoms with Crippen molar-refractivity contribution in [2.24, 2.45) is 17.8 Å². The lowest BCUT2D eigenvalue weighted by molar-refractivity contribution is -0.161. The summed E-state index contributed by atoms with van der Waals surface area (Å²) < 4.78 is 68.5. The zero-order valence-electron chi connectivity index (χ0n) is 61.6. The van der Waals surface area contributed by atoms with Gasteiger partial charge in [0.25, 0.3) is 0 Å². The number of ether oxygens (including phenoxy) is 4. The predicted molar refractivity (Wildman–Crippen MR) is 386 cm³/mol. The third kappa shape index (κ3) is 69.8. The number of aliphatic hydroxyl groups is 1. The van der Waals surface area contributed by atoms with Gasteiger partial charge in [-0.15, -0.1) is 0 Å². The van der Waals surface area contributed by atoms with Crippen molar-refractivity contribution in [2.75, 3.05) is 39.6 Å². The zero-order valence-corrected chi connectivity index (χ0v) is 63.4. The van der Waals surface area contributed by atoms with Crippen molar-refractivity contribution in [3.05, 3.63) is 24.3 Å². The van der Waals surface area contributed by atoms with E-state index in [2.05, 4.69) is 72.8 Å². The van der Waals surface area contributed by atoms with Gasteiger partial charge in [0, 0.05) is 25.7 Å². The third-order valence-corrected chi connectivity index (χ3v) is 18.9. The molecule has 0 aliphatic carbocycles. The maximum absolute atomic E-state index is 13.1. The first-order valence-corrected chi connectivity index (χ1v) is 41.7. The van der Waals surface area contributed by atoms with E-state index >= 15 is 0 Å². The number of allylic oxidation sites excluding steroid dienone is 4. The fraction of sp³-hybridized carbons (Fsp3) is 0.895. The highest BCUT2D eigenvalue weighted by atomic mass is 31.2. The molecule has 0 amide bonds. The second-order valence-corrected chi connectivity index (χ2v) is 31.0. The highest BCUT2D eigenvalue weighted by Crippen LogP contribution is 2.45. The van der Waals surface area contributed by atoms with Crippen molar-refractivity contribution in [1.82, 2.24) is 0 Å². The molecule has 0 heterocycles. The average Bonchev–Trinajstić information content (AvgIpc) is 3.08. The van der Waals surface area contributed by atoms with Crippen LogP contribution >= 0.6 is 15.6 Å². The van der Waals surface area contributed by atoms with Gasteiger partial charge in [0.2, 0.25) is 0 Å². The summed E-state index contributed by atoms with van der Waals surface area (Å²) in [7, 11) is -9.93. The molecule has 0 aromatic heterocycles. The number of aliphatic hydroxyl groups excluding tert-OH is 1. The number of phosphoric acid groups is 2. The molecular formula is C76H144O17P2. The second kappa shape index (κ2) is 66.1. The van der Waals surface area contributed by atoms with Gasteiger partial charge in [-0.1, -0.05) is 310 Å². The van der Waals surface area contributed by atoms with E-state index in [0.717, 1.165) is 121 Å². The molecule has 0 fully saturated rings. The number of carbonyl (C=O) groups is 4. The molecule has 0 saturated carbocycles. The van der Waals surface area contributed by atoms with Gasteiger partial charge in [-0.05, 0) is 69.1 Å². The smallest absolute Gasteiger partial charge is 0.462 e. The first-order valence-electron chi connectivity index (χ1n) is 38.7. The Kier molecular flexibility index (Phi) is 64.4. The minimum absolute atomic E-state index is 0.0845. The van der Waals surface area contributed by atoms with E-state index in [1.54, 1.807) is 0 Å². The van der Waals surface area contributed by atoms with Crippen LogP contribution in [0, 0.1) is 17.8 Å². The van der Waals surface area contributed by atoms with Gasteiger partial charge < -0.3 is 33.8 Å². The van der Waals surface area contributed by atoms with Gasteiger partial charge in [-0.3, -0.25) is 37.3 Å². The normalized spacial score (nSPS) is 14.2. The standard InChI is InChI=1S/C76H144O17P2/c1-8-9-10-11-12-13-14-15-16-20-23-30-37-45-52-59-75(80)92-71(63-86-73(78)57-50-43-36-29-26-25-28-34-41-48-55-68(4)5)65-90-94(82,83)88-61-70(77)62-89-95(84,85)91-66-72(64-87-74(79)58-51-44-39-32-35-42-49-56-69(6)7)93-76(81)60-53-46-38-31-24-21-18-17-19-22-27-33-40-47-54-67(2)3/h13-16,67-72,77H,8-12,17-66H2,1-7H3,(H,82,83)(H,84,85)/b14-13-,16-15-/t70?,71-,72-/m1/s1. The molecule has 0 aliphatic heterocycles. The van der Waals surface area contributed by atoms with Gasteiger partial charge in [-0.2, -0.15) is 0 Å². The number of phosphoric ester groups is 2. The largest absolute Gasteiger partial charge is 0.472 e. The number of carbonyl (C=O) groups excluding carboxylic acids is 4. The van der Waals surface area contributed by atoms with E-state index in [4.69, 9.17) is 37.0 Å². The van der Waals surface area contributed by atoms with Crippen LogP contribution in [0.4, 0.5) is 0 Å². The van der Waals surface area contributed by atoms with Crippen LogP contribution in [-0.2, 0) is 65.4 Å². The molecule has 0 aliphatic rings. The topological polar surface area (TPSA) is 237 Å². The Balaban J connectivity index is 5.28. The molecule has 19 heteroatoms. The van der Waals surface area contributed by atoms with Gasteiger partial charge in [0.1, 0.15) is 19.3 Å². The van der Waals surface area contributed by atoms with E-state index in [-0.39, 0.29) is 25.7 Å². The highest BCUT2D eigenvalue weighted by Gasteiger charge is 2.30. The Hall–Kier alpha value is -2.46. The Morgan fingerprint density at radius 3 is 0.853 bits per heavy atom. The van der Waals surface area contributed by atoms with Crippen LogP contribution in [0.25, 0.3) is 0 Å². The lowest BCUT2D eigenvalue weighted by atomic mass is 10.0. The molecule has 560 valence electrons. The number of hydrogen-bond donors (Lipinski definition) is 3. The predicted octanol–water partition coefficient (Wildman–Crippen LogP) is 21.7. The SMILES string of the molecule is CCCCCC/C=C\C=C/CCCCCCCC(=O)O[C@H](COC(=O)CCCCCCCCCCCCC(C)C)COP(=O)(O)OCC(O)COP(=O)(O)OC[C@@H](COC(=O)CCCCCCCCCC(C)C)OC(=O)CCCCCCCCCCCCCCCCC(C)C. The number of unbranched alkanes of at least 4 members (excludes halogenated alkanes) is 37. The first-order chi connectivity index (χ1) is 45.7. The van der Waals surface area contributed by atoms with Crippen molar-refractivity contribution >= 4 is 39.5 Å². The van der Waals surface area contributed by atoms with Crippen molar-refractivity contribution in [1.29, 1.82) is 0 Å². The van der Waals surface area contributed by atoms with E-state index in [1.807, 2.05) is 0 Å². The summed E-state index contributed by atoms with van der Waals surface area (Å²) in [5.74, 6) is 0.104. The quantitative estimate of drug-likeness (QED) is 0.0169. The maximum atomic E-state index is 13.1. The maximum Gasteiger partial charge on any atom is 0.472 e. The van der Waals surface area contributed by atoms with Crippen LogP contribution in [0.15, 0.2) is 24.3 Å². The van der Waals surface area contributed by atoms with Crippen molar-refractivity contribution in [3.8, 4) is 0 Å². The average molecular weight is 1390 g/mol. The van der Waals surface area contributed by atoms with E-state index in [9.17, 15) is 43.2 Å². The molecule has 0 aromatic rings. The number of hydrogen-bond acceptors (Lipinski definition) is 15. The molecule has 0 saturated heterocycles. The lowest BCUT2D eigenvalue weighted by Crippen LogP contribution is -2.30. The summed E-state index contributed by atoms with van der Waals surface area (Å²) in [4.78, 5) is 72.8. The molecule has 5 atom stereocenters. The summed E-state index contributed by atoms with van der Waals surface area (Å²) in [5, 5.41) is 10.6. The molecule has 0 rings (SSSR count). The van der Waals surface area contributed by atoms with Gasteiger partial charge in [0.15, 0.2) is 12.2 Å². The van der Waals surface area contributed by atoms with Crippen molar-refractivity contribution in [3.63, 3.8) is 0 Å². The zero-order chi connectivity index (χ0) is 70.1. The van der Waals surface area contributed by atoms with Crippen LogP contribution in [-0.4, -0.2) is 96.7 Å². The van der Waals surface area contributed by atoms with E-state index in [1.165, 1.54) is 154 Å². The van der Waals surface area contributed by atoms with Crippen LogP contribution in [0.5, 0.6) is 0 Å². The number of rotatable bonds is 72. The summed E-state index contributed by atoms with van der Waals surface area (Å²) in [6, 6.07) is 0. The van der Waals surface area contributed by atoms with Crippen LogP contribution < -0.4 is 0 Å². The molecule has 0 radical (unpaired) electrons. The first kappa shape index (κ1) is 92.5. The van der Waals surface area contributed by atoms with E-state index < -0.39 is 97.5 Å². The van der Waals surface area contributed by atoms with Crippen LogP contribution in [0.1, 0.15) is 363 Å². The van der Waals surface area contributed by atoms with E-state index in [0.29, 0.717) is 31.6 Å². The summed E-state index contributed by atoms with van der Waals surface area (Å²) in [6.45, 7) is 11.8. The Labute approximate surface area is 580 Å². The Morgan fingerprint density at radius 1 is 0.326 bits per heavy atom. The van der Waals surface area contributed by atoms with Crippen LogP contribution in [0.3, 0.4) is 0 Å². The van der Waals surface area contributed by atoms with Crippen molar-refractivity contribution in [2.45, 2.75) is 381 Å². The monoisotopic (exact) mass is 1390 g/mol.